The highest BCUT2D eigenvalue weighted by atomic mass is 32.2. The quantitative estimate of drug-likeness (QED) is 0.799. The van der Waals surface area contributed by atoms with Gasteiger partial charge < -0.3 is 5.32 Å². The first-order chi connectivity index (χ1) is 9.24. The van der Waals surface area contributed by atoms with Crippen LogP contribution in [0.1, 0.15) is 52.1 Å². The summed E-state index contributed by atoms with van der Waals surface area (Å²) in [5, 5.41) is 7.67. The van der Waals surface area contributed by atoms with Crippen LogP contribution in [0.3, 0.4) is 0 Å². The Labute approximate surface area is 122 Å². The van der Waals surface area contributed by atoms with E-state index in [0.29, 0.717) is 0 Å². The highest BCUT2D eigenvalue weighted by Gasteiger charge is 2.40. The van der Waals surface area contributed by atoms with Gasteiger partial charge in [0.1, 0.15) is 0 Å². The molecule has 1 N–H and O–H groups in total. The predicted molar refractivity (Wildman–Crippen MR) is 82.5 cm³/mol. The lowest BCUT2D eigenvalue weighted by atomic mass is 9.97. The summed E-state index contributed by atoms with van der Waals surface area (Å²) < 4.78 is 25.2. The van der Waals surface area contributed by atoms with Crippen LogP contribution in [-0.4, -0.2) is 35.7 Å². The third-order valence-corrected chi connectivity index (χ3v) is 5.84. The van der Waals surface area contributed by atoms with Crippen molar-refractivity contribution in [1.82, 2.24) is 15.1 Å². The zero-order valence-electron chi connectivity index (χ0n) is 13.2. The Hall–Kier alpha value is -0.880. The summed E-state index contributed by atoms with van der Waals surface area (Å²) in [6.07, 6.45) is 6.98. The maximum Gasteiger partial charge on any atom is 0.154 e. The first kappa shape index (κ1) is 17.2. The number of nitrogens with zero attached hydrogens (tertiary/aromatic N) is 2. The van der Waals surface area contributed by atoms with Gasteiger partial charge in [0, 0.05) is 24.6 Å². The summed E-state index contributed by atoms with van der Waals surface area (Å²) in [6.45, 7) is 9.33. The van der Waals surface area contributed by atoms with Gasteiger partial charge in [-0.05, 0) is 33.2 Å². The lowest BCUT2D eigenvalue weighted by Gasteiger charge is -2.33. The monoisotopic (exact) mass is 301 g/mol. The van der Waals surface area contributed by atoms with Crippen molar-refractivity contribution in [3.05, 3.63) is 18.0 Å². The first-order valence-electron chi connectivity index (χ1n) is 7.19. The number of nitrogens with one attached hydrogen (secondary N) is 1. The molecule has 0 saturated carbocycles. The van der Waals surface area contributed by atoms with E-state index < -0.39 is 14.6 Å². The van der Waals surface area contributed by atoms with Gasteiger partial charge >= 0.3 is 0 Å². The van der Waals surface area contributed by atoms with Crippen molar-refractivity contribution >= 4 is 9.84 Å². The van der Waals surface area contributed by atoms with Crippen molar-refractivity contribution in [2.75, 3.05) is 12.8 Å². The normalized spacial score (nSPS) is 14.4. The molecule has 0 saturated heterocycles. The first-order valence-corrected chi connectivity index (χ1v) is 9.08. The average Bonchev–Trinajstić information content (AvgIpc) is 2.77. The molecule has 0 fully saturated rings. The number of aryl methyl sites for hydroxylation is 1. The molecule has 116 valence electrons. The molecule has 20 heavy (non-hydrogen) atoms. The van der Waals surface area contributed by atoms with E-state index in [-0.39, 0.29) is 6.04 Å². The minimum atomic E-state index is -3.18. The summed E-state index contributed by atoms with van der Waals surface area (Å²) in [7, 11) is -3.18. The summed E-state index contributed by atoms with van der Waals surface area (Å²) in [5.41, 5.74) is 0.933. The van der Waals surface area contributed by atoms with Crippen molar-refractivity contribution in [2.45, 2.75) is 57.9 Å². The Morgan fingerprint density at radius 1 is 1.35 bits per heavy atom. The zero-order valence-corrected chi connectivity index (χ0v) is 14.0. The maximum absolute atomic E-state index is 12.1. The molecule has 0 amide bonds. The summed E-state index contributed by atoms with van der Waals surface area (Å²) in [4.78, 5) is 0. The number of rotatable bonds is 8. The van der Waals surface area contributed by atoms with E-state index in [9.17, 15) is 8.42 Å². The molecule has 1 aromatic heterocycles. The van der Waals surface area contributed by atoms with Crippen molar-refractivity contribution in [1.29, 1.82) is 0 Å². The van der Waals surface area contributed by atoms with Gasteiger partial charge in [-0.15, -0.1) is 0 Å². The van der Waals surface area contributed by atoms with Gasteiger partial charge in [0.05, 0.1) is 17.0 Å². The molecule has 1 heterocycles. The van der Waals surface area contributed by atoms with E-state index in [1.807, 2.05) is 10.9 Å². The molecule has 0 spiro atoms. The van der Waals surface area contributed by atoms with Crippen molar-refractivity contribution in [3.8, 4) is 0 Å². The molecule has 0 aromatic carbocycles. The highest BCUT2D eigenvalue weighted by molar-refractivity contribution is 7.92. The predicted octanol–water partition coefficient (Wildman–Crippen LogP) is 2.16. The van der Waals surface area contributed by atoms with Gasteiger partial charge in [-0.1, -0.05) is 13.8 Å². The van der Waals surface area contributed by atoms with Gasteiger partial charge in [-0.25, -0.2) is 8.42 Å². The van der Waals surface area contributed by atoms with Gasteiger partial charge in [-0.3, -0.25) is 4.68 Å². The average molecular weight is 301 g/mol. The third-order valence-electron chi connectivity index (χ3n) is 3.69. The van der Waals surface area contributed by atoms with Crippen LogP contribution in [0.5, 0.6) is 0 Å². The van der Waals surface area contributed by atoms with Crippen molar-refractivity contribution < 1.29 is 8.42 Å². The number of sulfone groups is 1. The van der Waals surface area contributed by atoms with Crippen LogP contribution in [0.15, 0.2) is 12.4 Å². The van der Waals surface area contributed by atoms with Crippen LogP contribution in [0, 0.1) is 0 Å². The van der Waals surface area contributed by atoms with Crippen LogP contribution in [0.25, 0.3) is 0 Å². The van der Waals surface area contributed by atoms with Crippen LogP contribution in [-0.2, 0) is 16.4 Å². The van der Waals surface area contributed by atoms with Gasteiger partial charge in [0.15, 0.2) is 9.84 Å². The fraction of sp³-hybridized carbons (Fsp3) is 0.786. The van der Waals surface area contributed by atoms with E-state index in [1.165, 1.54) is 6.26 Å². The fourth-order valence-electron chi connectivity index (χ4n) is 2.15. The molecule has 5 nitrogen and oxygen atoms in total. The number of aromatic nitrogens is 2. The minimum absolute atomic E-state index is 0.247. The fourth-order valence-corrected chi connectivity index (χ4v) is 2.80. The molecule has 1 unspecified atom stereocenters. The van der Waals surface area contributed by atoms with Gasteiger partial charge in [-0.2, -0.15) is 5.10 Å². The molecule has 0 bridgehead atoms. The zero-order chi connectivity index (χ0) is 15.4. The second-order valence-electron chi connectivity index (χ2n) is 5.80. The number of hydrogen-bond acceptors (Lipinski definition) is 4. The molecular formula is C14H27N3O2S. The van der Waals surface area contributed by atoms with Gasteiger partial charge in [0.2, 0.25) is 0 Å². The van der Waals surface area contributed by atoms with Gasteiger partial charge in [0.25, 0.3) is 0 Å². The van der Waals surface area contributed by atoms with E-state index >= 15 is 0 Å². The Kier molecular flexibility index (Phi) is 5.77. The lowest BCUT2D eigenvalue weighted by molar-refractivity contribution is 0.419. The Morgan fingerprint density at radius 3 is 2.50 bits per heavy atom. The van der Waals surface area contributed by atoms with E-state index in [1.54, 1.807) is 20.0 Å². The Balaban J connectivity index is 3.11. The second-order valence-corrected chi connectivity index (χ2v) is 8.40. The van der Waals surface area contributed by atoms with E-state index in [2.05, 4.69) is 24.3 Å². The van der Waals surface area contributed by atoms with E-state index in [4.69, 9.17) is 0 Å². The topological polar surface area (TPSA) is 64.0 Å². The molecule has 0 radical (unpaired) electrons. The summed E-state index contributed by atoms with van der Waals surface area (Å²) in [5.74, 6) is 0. The second kappa shape index (κ2) is 6.72. The largest absolute Gasteiger partial charge is 0.309 e. The van der Waals surface area contributed by atoms with E-state index in [0.717, 1.165) is 31.5 Å². The van der Waals surface area contributed by atoms with Crippen LogP contribution in [0.4, 0.5) is 0 Å². The van der Waals surface area contributed by atoms with Crippen molar-refractivity contribution in [3.63, 3.8) is 0 Å². The molecular weight excluding hydrogens is 274 g/mol. The number of hydrogen-bond donors (Lipinski definition) is 1. The Morgan fingerprint density at radius 2 is 2.00 bits per heavy atom. The Bertz CT molecular complexity index is 520. The molecule has 0 aliphatic heterocycles. The standard InChI is InChI=1S/C14H27N3O2S/c1-6-8-15-13(14(3,4)20(5,18)19)12-10-16-17(11-12)9-7-2/h10-11,13,15H,6-9H2,1-5H3. The molecule has 1 aromatic rings. The lowest BCUT2D eigenvalue weighted by Crippen LogP contribution is -2.45. The summed E-state index contributed by atoms with van der Waals surface area (Å²) in [6, 6.07) is -0.247. The van der Waals surface area contributed by atoms with Crippen LogP contribution >= 0.6 is 0 Å². The highest BCUT2D eigenvalue weighted by Crippen LogP contribution is 2.32. The minimum Gasteiger partial charge on any atom is -0.309 e. The molecule has 0 aliphatic rings. The molecule has 1 rings (SSSR count). The third kappa shape index (κ3) is 3.82. The maximum atomic E-state index is 12.1. The molecule has 1 atom stereocenters. The van der Waals surface area contributed by atoms with Crippen LogP contribution in [0.2, 0.25) is 0 Å². The smallest absolute Gasteiger partial charge is 0.154 e. The van der Waals surface area contributed by atoms with Crippen LogP contribution < -0.4 is 5.32 Å². The molecule has 6 heteroatoms. The summed E-state index contributed by atoms with van der Waals surface area (Å²) >= 11 is 0. The SMILES string of the molecule is CCCNC(c1cnn(CCC)c1)C(C)(C)S(C)(=O)=O. The molecule has 0 aliphatic carbocycles. The van der Waals surface area contributed by atoms with Crippen molar-refractivity contribution in [2.24, 2.45) is 0 Å².